The smallest absolute Gasteiger partial charge is 0.265 e. The van der Waals surface area contributed by atoms with Crippen LogP contribution in [0, 0.1) is 0 Å². The summed E-state index contributed by atoms with van der Waals surface area (Å²) in [4.78, 5) is 16.8. The molecule has 126 valence electrons. The number of carbonyl (C=O) groups excluding carboxylic acids is 1. The van der Waals surface area contributed by atoms with Crippen LogP contribution in [0.5, 0.6) is 11.5 Å². The number of halogens is 1. The number of benzene rings is 2. The van der Waals surface area contributed by atoms with Gasteiger partial charge in [-0.2, -0.15) is 0 Å². The molecule has 0 radical (unpaired) electrons. The molecule has 0 aromatic heterocycles. The molecule has 0 fully saturated rings. The summed E-state index contributed by atoms with van der Waals surface area (Å²) in [6, 6.07) is 12.7. The molecule has 7 heteroatoms. The van der Waals surface area contributed by atoms with Gasteiger partial charge in [0.25, 0.3) is 5.91 Å². The molecule has 0 saturated carbocycles. The molecule has 0 saturated heterocycles. The van der Waals surface area contributed by atoms with E-state index in [1.807, 2.05) is 18.2 Å². The zero-order valence-electron chi connectivity index (χ0n) is 13.3. The summed E-state index contributed by atoms with van der Waals surface area (Å²) in [5.74, 6) is 0.836. The summed E-state index contributed by atoms with van der Waals surface area (Å²) in [5, 5.41) is 6.50. The normalized spacial score (nSPS) is 10.5. The van der Waals surface area contributed by atoms with Gasteiger partial charge in [0.05, 0.1) is 20.4 Å². The molecule has 0 unspecified atom stereocenters. The fraction of sp³-hybridized carbons (Fsp3) is 0.176. The molecule has 6 nitrogen and oxygen atoms in total. The second kappa shape index (κ2) is 8.93. The Labute approximate surface area is 148 Å². The molecule has 1 amide bonds. The van der Waals surface area contributed by atoms with Gasteiger partial charge in [-0.25, -0.2) is 0 Å². The van der Waals surface area contributed by atoms with Crippen molar-refractivity contribution < 1.29 is 19.1 Å². The second-order valence-corrected chi connectivity index (χ2v) is 5.56. The number of ether oxygens (including phenoxy) is 2. The molecule has 0 aliphatic carbocycles. The number of methoxy groups -OCH3 is 2. The minimum Gasteiger partial charge on any atom is -0.493 e. The summed E-state index contributed by atoms with van der Waals surface area (Å²) < 4.78 is 11.4. The van der Waals surface area contributed by atoms with E-state index in [0.29, 0.717) is 22.7 Å². The van der Waals surface area contributed by atoms with Gasteiger partial charge in [-0.05, 0) is 30.3 Å². The van der Waals surface area contributed by atoms with Crippen molar-refractivity contribution >= 4 is 33.7 Å². The highest BCUT2D eigenvalue weighted by molar-refractivity contribution is 9.10. The van der Waals surface area contributed by atoms with E-state index in [1.165, 1.54) is 6.21 Å². The Kier molecular flexibility index (Phi) is 6.62. The number of nitrogens with zero attached hydrogens (tertiary/aromatic N) is 1. The summed E-state index contributed by atoms with van der Waals surface area (Å²) >= 11 is 3.34. The first-order valence-electron chi connectivity index (χ1n) is 7.05. The van der Waals surface area contributed by atoms with Crippen LogP contribution in [0.15, 0.2) is 52.1 Å². The monoisotopic (exact) mass is 392 g/mol. The third-order valence-corrected chi connectivity index (χ3v) is 3.50. The first kappa shape index (κ1) is 17.8. The zero-order valence-corrected chi connectivity index (χ0v) is 14.9. The number of anilines is 1. The molecule has 2 aromatic rings. The third-order valence-electron chi connectivity index (χ3n) is 3.00. The SMILES string of the molecule is COc1cccc(/C=N\OCC(=O)Nc2cccc(Br)c2)c1OC. The van der Waals surface area contributed by atoms with Crippen molar-refractivity contribution in [2.75, 3.05) is 26.1 Å². The lowest BCUT2D eigenvalue weighted by molar-refractivity contribution is -0.120. The average Bonchev–Trinajstić information content (AvgIpc) is 2.58. The van der Waals surface area contributed by atoms with Crippen molar-refractivity contribution in [2.24, 2.45) is 5.16 Å². The molecule has 0 spiro atoms. The quantitative estimate of drug-likeness (QED) is 0.578. The Hall–Kier alpha value is -2.54. The van der Waals surface area contributed by atoms with Gasteiger partial charge in [-0.15, -0.1) is 0 Å². The maximum absolute atomic E-state index is 11.8. The summed E-state index contributed by atoms with van der Waals surface area (Å²) in [6.07, 6.45) is 1.47. The lowest BCUT2D eigenvalue weighted by Crippen LogP contribution is -2.16. The van der Waals surface area contributed by atoms with Gasteiger partial charge in [0.1, 0.15) is 0 Å². The number of amides is 1. The van der Waals surface area contributed by atoms with Crippen molar-refractivity contribution in [3.05, 3.63) is 52.5 Å². The molecule has 0 bridgehead atoms. The van der Waals surface area contributed by atoms with Crippen molar-refractivity contribution in [1.82, 2.24) is 0 Å². The number of hydrogen-bond acceptors (Lipinski definition) is 5. The minimum atomic E-state index is -0.303. The Balaban J connectivity index is 1.90. The van der Waals surface area contributed by atoms with E-state index in [-0.39, 0.29) is 12.5 Å². The van der Waals surface area contributed by atoms with Crippen LogP contribution in [-0.2, 0) is 9.63 Å². The molecule has 2 aromatic carbocycles. The van der Waals surface area contributed by atoms with Gasteiger partial charge >= 0.3 is 0 Å². The second-order valence-electron chi connectivity index (χ2n) is 4.65. The number of hydrogen-bond donors (Lipinski definition) is 1. The molecular weight excluding hydrogens is 376 g/mol. The van der Waals surface area contributed by atoms with Gasteiger partial charge in [-0.1, -0.05) is 33.2 Å². The Morgan fingerprint density at radius 1 is 1.21 bits per heavy atom. The third kappa shape index (κ3) is 4.99. The van der Waals surface area contributed by atoms with Crippen LogP contribution in [0.1, 0.15) is 5.56 Å². The molecule has 1 N–H and O–H groups in total. The first-order valence-corrected chi connectivity index (χ1v) is 7.85. The highest BCUT2D eigenvalue weighted by atomic mass is 79.9. The molecule has 0 aliphatic rings. The largest absolute Gasteiger partial charge is 0.493 e. The van der Waals surface area contributed by atoms with Crippen LogP contribution in [0.3, 0.4) is 0 Å². The summed E-state index contributed by atoms with van der Waals surface area (Å²) in [7, 11) is 3.10. The minimum absolute atomic E-state index is 0.199. The number of carbonyl (C=O) groups is 1. The molecule has 24 heavy (non-hydrogen) atoms. The van der Waals surface area contributed by atoms with E-state index in [4.69, 9.17) is 14.3 Å². The van der Waals surface area contributed by atoms with E-state index >= 15 is 0 Å². The van der Waals surface area contributed by atoms with Crippen LogP contribution in [-0.4, -0.2) is 32.9 Å². The summed E-state index contributed by atoms with van der Waals surface area (Å²) in [6.45, 7) is -0.199. The average molecular weight is 393 g/mol. The summed E-state index contributed by atoms with van der Waals surface area (Å²) in [5.41, 5.74) is 1.36. The van der Waals surface area contributed by atoms with Crippen molar-refractivity contribution in [3.8, 4) is 11.5 Å². The van der Waals surface area contributed by atoms with E-state index in [1.54, 1.807) is 38.5 Å². The fourth-order valence-electron chi connectivity index (χ4n) is 1.97. The first-order chi connectivity index (χ1) is 11.6. The van der Waals surface area contributed by atoms with Gasteiger partial charge in [-0.3, -0.25) is 4.79 Å². The number of para-hydroxylation sites is 1. The highest BCUT2D eigenvalue weighted by Crippen LogP contribution is 2.29. The lowest BCUT2D eigenvalue weighted by Gasteiger charge is -2.09. The van der Waals surface area contributed by atoms with Gasteiger partial charge in [0, 0.05) is 15.7 Å². The van der Waals surface area contributed by atoms with Crippen LogP contribution >= 0.6 is 15.9 Å². The molecule has 0 heterocycles. The molecule has 2 rings (SSSR count). The Morgan fingerprint density at radius 3 is 2.71 bits per heavy atom. The van der Waals surface area contributed by atoms with Crippen molar-refractivity contribution in [3.63, 3.8) is 0 Å². The van der Waals surface area contributed by atoms with Gasteiger partial charge in [0.2, 0.25) is 0 Å². The predicted octanol–water partition coefficient (Wildman–Crippen LogP) is 3.46. The maximum Gasteiger partial charge on any atom is 0.265 e. The Morgan fingerprint density at radius 2 is 2.00 bits per heavy atom. The van der Waals surface area contributed by atoms with Crippen LogP contribution in [0.4, 0.5) is 5.69 Å². The van der Waals surface area contributed by atoms with Crippen molar-refractivity contribution in [1.29, 1.82) is 0 Å². The molecule has 0 atom stereocenters. The van der Waals surface area contributed by atoms with E-state index in [0.717, 1.165) is 4.47 Å². The van der Waals surface area contributed by atoms with E-state index in [2.05, 4.69) is 26.4 Å². The van der Waals surface area contributed by atoms with E-state index < -0.39 is 0 Å². The van der Waals surface area contributed by atoms with Crippen LogP contribution < -0.4 is 14.8 Å². The van der Waals surface area contributed by atoms with Gasteiger partial charge < -0.3 is 19.6 Å². The van der Waals surface area contributed by atoms with Gasteiger partial charge in [0.15, 0.2) is 18.1 Å². The number of nitrogens with one attached hydrogen (secondary N) is 1. The maximum atomic E-state index is 11.8. The number of rotatable bonds is 7. The standard InChI is InChI=1S/C17H17BrN2O4/c1-22-15-8-3-5-12(17(15)23-2)10-19-24-11-16(21)20-14-7-4-6-13(18)9-14/h3-10H,11H2,1-2H3,(H,20,21)/b19-10-. The van der Waals surface area contributed by atoms with Crippen LogP contribution in [0.25, 0.3) is 0 Å². The van der Waals surface area contributed by atoms with Crippen LogP contribution in [0.2, 0.25) is 0 Å². The highest BCUT2D eigenvalue weighted by Gasteiger charge is 2.07. The Bertz CT molecular complexity index is 734. The number of oxime groups is 1. The topological polar surface area (TPSA) is 69.2 Å². The predicted molar refractivity (Wildman–Crippen MR) is 95.9 cm³/mol. The lowest BCUT2D eigenvalue weighted by atomic mass is 10.2. The van der Waals surface area contributed by atoms with Crippen molar-refractivity contribution in [2.45, 2.75) is 0 Å². The molecular formula is C17H17BrN2O4. The zero-order chi connectivity index (χ0) is 17.4. The van der Waals surface area contributed by atoms with E-state index in [9.17, 15) is 4.79 Å². The fourth-order valence-corrected chi connectivity index (χ4v) is 2.37. The molecule has 0 aliphatic heterocycles.